The van der Waals surface area contributed by atoms with Gasteiger partial charge >= 0.3 is 12.0 Å². The molecule has 2 aromatic carbocycles. The van der Waals surface area contributed by atoms with Crippen LogP contribution in [0.2, 0.25) is 5.02 Å². The molecule has 1 aliphatic rings. The lowest BCUT2D eigenvalue weighted by Crippen LogP contribution is -2.43. The number of hydrogen-bond donors (Lipinski definition) is 1. The topological polar surface area (TPSA) is 80.2 Å². The number of carbonyl (C=O) groups is 1. The van der Waals surface area contributed by atoms with E-state index in [0.717, 1.165) is 16.8 Å². The molecule has 2 amide bonds. The number of pyridine rings is 1. The van der Waals surface area contributed by atoms with Crippen molar-refractivity contribution in [1.82, 2.24) is 19.9 Å². The minimum atomic E-state index is -0.362. The predicted molar refractivity (Wildman–Crippen MR) is 125 cm³/mol. The maximum atomic E-state index is 13.3. The number of fused-ring (bicyclic) bond motifs is 1. The second-order valence-corrected chi connectivity index (χ2v) is 8.11. The third-order valence-electron chi connectivity index (χ3n) is 5.47. The van der Waals surface area contributed by atoms with E-state index < -0.39 is 0 Å². The van der Waals surface area contributed by atoms with Gasteiger partial charge in [-0.15, -0.1) is 0 Å². The van der Waals surface area contributed by atoms with Gasteiger partial charge in [-0.1, -0.05) is 29.8 Å². The molecule has 0 spiro atoms. The van der Waals surface area contributed by atoms with E-state index in [1.165, 1.54) is 36.7 Å². The molecule has 0 saturated heterocycles. The number of nitrogens with zero attached hydrogens (tertiary/aromatic N) is 4. The monoisotopic (exact) mass is 475 g/mol. The van der Waals surface area contributed by atoms with Crippen molar-refractivity contribution in [1.29, 1.82) is 0 Å². The Hall–Kier alpha value is -4.04. The van der Waals surface area contributed by atoms with Gasteiger partial charge in [0.05, 0.1) is 24.1 Å². The molecule has 0 unspecified atom stereocenters. The number of urea groups is 1. The first-order valence-corrected chi connectivity index (χ1v) is 11.0. The summed E-state index contributed by atoms with van der Waals surface area (Å²) in [5.74, 6) is 0.0453. The van der Waals surface area contributed by atoms with Crippen molar-refractivity contribution in [3.05, 3.63) is 107 Å². The minimum absolute atomic E-state index is 0.0848. The maximum absolute atomic E-state index is 13.3. The van der Waals surface area contributed by atoms with Crippen LogP contribution in [0.1, 0.15) is 22.9 Å². The molecular formula is C25H19ClFN5O2. The molecule has 4 aromatic rings. The Morgan fingerprint density at radius 2 is 1.76 bits per heavy atom. The zero-order valence-electron chi connectivity index (χ0n) is 17.9. The summed E-state index contributed by atoms with van der Waals surface area (Å²) in [6, 6.07) is 16.3. The first-order valence-electron chi connectivity index (χ1n) is 10.6. The van der Waals surface area contributed by atoms with E-state index >= 15 is 0 Å². The quantitative estimate of drug-likeness (QED) is 0.413. The summed E-state index contributed by atoms with van der Waals surface area (Å²) in [5.41, 5.74) is 3.30. The number of halogens is 2. The van der Waals surface area contributed by atoms with Crippen LogP contribution in [0.4, 0.5) is 14.9 Å². The summed E-state index contributed by atoms with van der Waals surface area (Å²) in [7, 11) is 0. The van der Waals surface area contributed by atoms with Gasteiger partial charge in [0.25, 0.3) is 0 Å². The highest BCUT2D eigenvalue weighted by Crippen LogP contribution is 2.35. The highest BCUT2D eigenvalue weighted by atomic mass is 35.5. The van der Waals surface area contributed by atoms with E-state index in [0.29, 0.717) is 29.4 Å². The molecule has 170 valence electrons. The zero-order valence-corrected chi connectivity index (χ0v) is 18.6. The molecule has 1 aliphatic heterocycles. The van der Waals surface area contributed by atoms with Crippen LogP contribution >= 0.6 is 11.6 Å². The SMILES string of the molecule is O=C(Nc1cnc(Oc2ccc(F)cc2)nc1)N1CCc2ncccc2[C@@H]1c1ccc(Cl)cc1. The van der Waals surface area contributed by atoms with Gasteiger partial charge in [-0.2, -0.15) is 0 Å². The number of carbonyl (C=O) groups excluding carboxylic acids is 1. The van der Waals surface area contributed by atoms with Crippen LogP contribution in [0, 0.1) is 5.82 Å². The molecule has 0 aliphatic carbocycles. The number of hydrogen-bond acceptors (Lipinski definition) is 5. The minimum Gasteiger partial charge on any atom is -0.424 e. The van der Waals surface area contributed by atoms with Crippen molar-refractivity contribution in [3.8, 4) is 11.8 Å². The third kappa shape index (κ3) is 4.67. The first-order chi connectivity index (χ1) is 16.6. The Kier molecular flexibility index (Phi) is 6.05. The average molecular weight is 476 g/mol. The van der Waals surface area contributed by atoms with E-state index in [2.05, 4.69) is 20.3 Å². The standard InChI is InChI=1S/C25H19ClFN5O2/c26-17-5-3-16(4-6-17)23-21-2-1-12-28-22(21)11-13-32(23)25(33)31-19-14-29-24(30-15-19)34-20-9-7-18(27)8-10-20/h1-10,12,14-15,23H,11,13H2,(H,31,33)/t23-/m0/s1. The molecule has 1 N–H and O–H groups in total. The van der Waals surface area contributed by atoms with Gasteiger partial charge in [0.15, 0.2) is 0 Å². The molecule has 2 aromatic heterocycles. The summed E-state index contributed by atoms with van der Waals surface area (Å²) in [5, 5.41) is 3.49. The number of amides is 2. The molecular weight excluding hydrogens is 457 g/mol. The molecule has 5 rings (SSSR count). The lowest BCUT2D eigenvalue weighted by molar-refractivity contribution is 0.193. The Labute approximate surface area is 200 Å². The number of aromatic nitrogens is 3. The summed E-state index contributed by atoms with van der Waals surface area (Å²) in [4.78, 5) is 27.8. The molecule has 0 bridgehead atoms. The molecule has 1 atom stereocenters. The van der Waals surface area contributed by atoms with Crippen molar-refractivity contribution in [2.24, 2.45) is 0 Å². The van der Waals surface area contributed by atoms with Crippen molar-refractivity contribution >= 4 is 23.3 Å². The second kappa shape index (κ2) is 9.44. The molecule has 9 heteroatoms. The fourth-order valence-corrected chi connectivity index (χ4v) is 4.02. The Bertz CT molecular complexity index is 1300. The van der Waals surface area contributed by atoms with Crippen LogP contribution in [0.25, 0.3) is 0 Å². The molecule has 0 radical (unpaired) electrons. The number of anilines is 1. The predicted octanol–water partition coefficient (Wildman–Crippen LogP) is 5.64. The zero-order chi connectivity index (χ0) is 23.5. The van der Waals surface area contributed by atoms with E-state index in [1.54, 1.807) is 11.1 Å². The Morgan fingerprint density at radius 1 is 1.03 bits per heavy atom. The van der Waals surface area contributed by atoms with E-state index in [9.17, 15) is 9.18 Å². The number of ether oxygens (including phenoxy) is 1. The van der Waals surface area contributed by atoms with Crippen LogP contribution < -0.4 is 10.1 Å². The van der Waals surface area contributed by atoms with Crippen molar-refractivity contribution in [2.75, 3.05) is 11.9 Å². The Morgan fingerprint density at radius 3 is 2.50 bits per heavy atom. The lowest BCUT2D eigenvalue weighted by Gasteiger charge is -2.37. The maximum Gasteiger partial charge on any atom is 0.322 e. The van der Waals surface area contributed by atoms with Crippen LogP contribution in [-0.2, 0) is 6.42 Å². The van der Waals surface area contributed by atoms with E-state index in [1.807, 2.05) is 36.4 Å². The smallest absolute Gasteiger partial charge is 0.322 e. The van der Waals surface area contributed by atoms with Crippen molar-refractivity contribution in [3.63, 3.8) is 0 Å². The first kappa shape index (κ1) is 21.8. The summed E-state index contributed by atoms with van der Waals surface area (Å²) in [6.07, 6.45) is 5.33. The fraction of sp³-hybridized carbons (Fsp3) is 0.120. The molecule has 34 heavy (non-hydrogen) atoms. The highest BCUT2D eigenvalue weighted by Gasteiger charge is 2.32. The largest absolute Gasteiger partial charge is 0.424 e. The van der Waals surface area contributed by atoms with Crippen molar-refractivity contribution < 1.29 is 13.9 Å². The van der Waals surface area contributed by atoms with Gasteiger partial charge in [0, 0.05) is 35.4 Å². The Balaban J connectivity index is 1.34. The van der Waals surface area contributed by atoms with Crippen LogP contribution in [0.15, 0.2) is 79.3 Å². The van der Waals surface area contributed by atoms with E-state index in [4.69, 9.17) is 16.3 Å². The second-order valence-electron chi connectivity index (χ2n) is 7.68. The summed E-state index contributed by atoms with van der Waals surface area (Å²) >= 11 is 6.08. The van der Waals surface area contributed by atoms with Gasteiger partial charge in [0.1, 0.15) is 11.6 Å². The van der Waals surface area contributed by atoms with E-state index in [-0.39, 0.29) is 23.9 Å². The van der Waals surface area contributed by atoms with Crippen LogP contribution in [0.3, 0.4) is 0 Å². The normalized spacial score (nSPS) is 14.9. The molecule has 3 heterocycles. The van der Waals surface area contributed by atoms with Gasteiger partial charge in [-0.25, -0.2) is 19.2 Å². The van der Waals surface area contributed by atoms with Gasteiger partial charge < -0.3 is 15.0 Å². The van der Waals surface area contributed by atoms with Gasteiger partial charge in [-0.3, -0.25) is 4.98 Å². The fourth-order valence-electron chi connectivity index (χ4n) is 3.89. The average Bonchev–Trinajstić information content (AvgIpc) is 2.86. The number of benzene rings is 2. The van der Waals surface area contributed by atoms with Gasteiger partial charge in [-0.05, 0) is 48.0 Å². The summed E-state index contributed by atoms with van der Waals surface area (Å²) < 4.78 is 18.6. The number of rotatable bonds is 4. The van der Waals surface area contributed by atoms with Crippen molar-refractivity contribution in [2.45, 2.75) is 12.5 Å². The molecule has 7 nitrogen and oxygen atoms in total. The number of nitrogens with one attached hydrogen (secondary N) is 1. The molecule has 0 fully saturated rings. The van der Waals surface area contributed by atoms with Crippen LogP contribution in [-0.4, -0.2) is 32.4 Å². The molecule has 0 saturated carbocycles. The van der Waals surface area contributed by atoms with Crippen LogP contribution in [0.5, 0.6) is 11.8 Å². The summed E-state index contributed by atoms with van der Waals surface area (Å²) in [6.45, 7) is 0.496. The lowest BCUT2D eigenvalue weighted by atomic mass is 9.91. The van der Waals surface area contributed by atoms with Gasteiger partial charge in [0.2, 0.25) is 0 Å². The third-order valence-corrected chi connectivity index (χ3v) is 5.72. The highest BCUT2D eigenvalue weighted by molar-refractivity contribution is 6.30.